The number of amides is 1. The van der Waals surface area contributed by atoms with Crippen LogP contribution >= 0.6 is 11.6 Å². The first-order valence-electron chi connectivity index (χ1n) is 6.77. The Kier molecular flexibility index (Phi) is 7.39. The van der Waals surface area contributed by atoms with Crippen LogP contribution in [0.2, 0.25) is 5.02 Å². The monoisotopic (exact) mass is 327 g/mol. The van der Waals surface area contributed by atoms with Crippen LogP contribution in [0.25, 0.3) is 0 Å². The average molecular weight is 328 g/mol. The Morgan fingerprint density at radius 3 is 2.59 bits per heavy atom. The number of nitrogens with one attached hydrogen (secondary N) is 1. The molecular weight excluding hydrogens is 310 g/mol. The van der Waals surface area contributed by atoms with Gasteiger partial charge in [0, 0.05) is 17.9 Å². The summed E-state index contributed by atoms with van der Waals surface area (Å²) in [6.07, 6.45) is -0.0424. The molecule has 0 aliphatic carbocycles. The van der Waals surface area contributed by atoms with Crippen molar-refractivity contribution in [3.05, 3.63) is 28.8 Å². The molecule has 1 amide bonds. The van der Waals surface area contributed by atoms with Gasteiger partial charge in [0.2, 0.25) is 5.91 Å². The lowest BCUT2D eigenvalue weighted by Crippen LogP contribution is -2.30. The molecule has 0 fully saturated rings. The summed E-state index contributed by atoms with van der Waals surface area (Å²) in [5, 5.41) is 2.80. The molecule has 120 valence electrons. The molecule has 0 bridgehead atoms. The van der Waals surface area contributed by atoms with Gasteiger partial charge in [0.15, 0.2) is 5.78 Å². The number of carbonyl (C=O) groups is 3. The predicted molar refractivity (Wildman–Crippen MR) is 81.2 cm³/mol. The molecule has 0 saturated heterocycles. The van der Waals surface area contributed by atoms with E-state index in [1.165, 1.54) is 13.2 Å². The summed E-state index contributed by atoms with van der Waals surface area (Å²) in [5.41, 5.74) is 0.327. The van der Waals surface area contributed by atoms with Gasteiger partial charge in [-0.25, -0.2) is 0 Å². The highest BCUT2D eigenvalue weighted by Crippen LogP contribution is 2.24. The van der Waals surface area contributed by atoms with Gasteiger partial charge in [0.1, 0.15) is 12.3 Å². The Labute approximate surface area is 133 Å². The first-order valence-corrected chi connectivity index (χ1v) is 7.14. The van der Waals surface area contributed by atoms with Crippen LogP contribution in [0.1, 0.15) is 30.1 Å². The molecule has 0 heterocycles. The third kappa shape index (κ3) is 5.73. The molecule has 0 unspecified atom stereocenters. The van der Waals surface area contributed by atoms with Gasteiger partial charge in [-0.05, 0) is 25.1 Å². The van der Waals surface area contributed by atoms with Crippen molar-refractivity contribution in [3.8, 4) is 5.75 Å². The van der Waals surface area contributed by atoms with Crippen molar-refractivity contribution in [2.24, 2.45) is 0 Å². The van der Waals surface area contributed by atoms with E-state index in [2.05, 4.69) is 10.1 Å². The number of Topliss-reactive ketones (excluding diaryl/α,β-unsaturated/α-hetero) is 1. The molecule has 0 radical (unpaired) electrons. The summed E-state index contributed by atoms with van der Waals surface area (Å²) < 4.78 is 9.77. The van der Waals surface area contributed by atoms with Crippen molar-refractivity contribution in [1.82, 2.24) is 5.32 Å². The molecule has 6 nitrogen and oxygen atoms in total. The minimum absolute atomic E-state index is 0.00857. The summed E-state index contributed by atoms with van der Waals surface area (Å²) in [4.78, 5) is 34.8. The number of benzene rings is 1. The second kappa shape index (κ2) is 9.04. The molecule has 1 aromatic carbocycles. The van der Waals surface area contributed by atoms with E-state index in [4.69, 9.17) is 16.3 Å². The third-order valence-corrected chi connectivity index (χ3v) is 3.01. The second-order valence-electron chi connectivity index (χ2n) is 4.35. The number of methoxy groups -OCH3 is 1. The smallest absolute Gasteiger partial charge is 0.325 e. The molecule has 0 aliphatic heterocycles. The van der Waals surface area contributed by atoms with E-state index in [1.54, 1.807) is 19.1 Å². The molecule has 1 aromatic rings. The van der Waals surface area contributed by atoms with Gasteiger partial charge < -0.3 is 14.8 Å². The molecule has 0 aromatic heterocycles. The average Bonchev–Trinajstić information content (AvgIpc) is 2.50. The Morgan fingerprint density at radius 1 is 1.23 bits per heavy atom. The third-order valence-electron chi connectivity index (χ3n) is 2.78. The second-order valence-corrected chi connectivity index (χ2v) is 4.79. The van der Waals surface area contributed by atoms with E-state index in [0.717, 1.165) is 0 Å². The normalized spacial score (nSPS) is 9.95. The first kappa shape index (κ1) is 18.0. The Morgan fingerprint density at radius 2 is 1.95 bits per heavy atom. The fourth-order valence-electron chi connectivity index (χ4n) is 1.73. The highest BCUT2D eigenvalue weighted by molar-refractivity contribution is 6.31. The van der Waals surface area contributed by atoms with Gasteiger partial charge in [0.05, 0.1) is 19.3 Å². The van der Waals surface area contributed by atoms with Crippen LogP contribution in [0, 0.1) is 0 Å². The number of esters is 1. The number of hydrogen-bond acceptors (Lipinski definition) is 5. The maximum absolute atomic E-state index is 12.1. The lowest BCUT2D eigenvalue weighted by atomic mass is 10.1. The summed E-state index contributed by atoms with van der Waals surface area (Å²) in [6.45, 7) is 1.72. The molecule has 0 saturated carbocycles. The van der Waals surface area contributed by atoms with Gasteiger partial charge in [-0.1, -0.05) is 11.6 Å². The van der Waals surface area contributed by atoms with Crippen molar-refractivity contribution < 1.29 is 23.9 Å². The van der Waals surface area contributed by atoms with Crippen LogP contribution in [-0.2, 0) is 14.3 Å². The molecule has 1 N–H and O–H groups in total. The van der Waals surface area contributed by atoms with E-state index in [0.29, 0.717) is 16.3 Å². The van der Waals surface area contributed by atoms with Crippen LogP contribution < -0.4 is 10.1 Å². The van der Waals surface area contributed by atoms with Crippen molar-refractivity contribution in [2.45, 2.75) is 19.8 Å². The first-order chi connectivity index (χ1) is 10.5. The summed E-state index contributed by atoms with van der Waals surface area (Å²) in [5.74, 6) is -0.770. The van der Waals surface area contributed by atoms with E-state index in [1.807, 2.05) is 0 Å². The topological polar surface area (TPSA) is 81.7 Å². The number of rotatable bonds is 8. The number of carbonyl (C=O) groups excluding carboxylic acids is 3. The SMILES string of the molecule is CCOC(=O)CNC(=O)CCC(=O)c1cc(Cl)ccc1OC. The Bertz CT molecular complexity index is 559. The maximum atomic E-state index is 12.1. The minimum atomic E-state index is -0.515. The van der Waals surface area contributed by atoms with E-state index >= 15 is 0 Å². The van der Waals surface area contributed by atoms with Gasteiger partial charge in [-0.15, -0.1) is 0 Å². The van der Waals surface area contributed by atoms with Crippen LogP contribution in [0.5, 0.6) is 5.75 Å². The van der Waals surface area contributed by atoms with Crippen molar-refractivity contribution in [2.75, 3.05) is 20.3 Å². The fourth-order valence-corrected chi connectivity index (χ4v) is 1.90. The van der Waals surface area contributed by atoms with Gasteiger partial charge in [-0.2, -0.15) is 0 Å². The standard InChI is InChI=1S/C15H18ClNO5/c1-3-22-15(20)9-17-14(19)7-5-12(18)11-8-10(16)4-6-13(11)21-2/h4,6,8H,3,5,7,9H2,1-2H3,(H,17,19). The van der Waals surface area contributed by atoms with Crippen LogP contribution in [0.4, 0.5) is 0 Å². The maximum Gasteiger partial charge on any atom is 0.325 e. The van der Waals surface area contributed by atoms with E-state index in [9.17, 15) is 14.4 Å². The molecule has 22 heavy (non-hydrogen) atoms. The predicted octanol–water partition coefficient (Wildman–Crippen LogP) is 1.99. The lowest BCUT2D eigenvalue weighted by Gasteiger charge is -2.08. The van der Waals surface area contributed by atoms with Crippen molar-refractivity contribution in [3.63, 3.8) is 0 Å². The highest BCUT2D eigenvalue weighted by Gasteiger charge is 2.15. The number of ketones is 1. The molecule has 7 heteroatoms. The number of halogens is 1. The largest absolute Gasteiger partial charge is 0.496 e. The van der Waals surface area contributed by atoms with Crippen LogP contribution in [0.3, 0.4) is 0 Å². The highest BCUT2D eigenvalue weighted by atomic mass is 35.5. The Hall–Kier alpha value is -2.08. The molecule has 0 atom stereocenters. The van der Waals surface area contributed by atoms with Crippen molar-refractivity contribution >= 4 is 29.3 Å². The zero-order chi connectivity index (χ0) is 16.5. The molecular formula is C15H18ClNO5. The summed E-state index contributed by atoms with van der Waals surface area (Å²) in [7, 11) is 1.45. The number of hydrogen-bond donors (Lipinski definition) is 1. The summed E-state index contributed by atoms with van der Waals surface area (Å²) in [6, 6.07) is 4.71. The van der Waals surface area contributed by atoms with Gasteiger partial charge >= 0.3 is 5.97 Å². The molecule has 0 aliphatic rings. The lowest BCUT2D eigenvalue weighted by molar-refractivity contribution is -0.143. The zero-order valence-corrected chi connectivity index (χ0v) is 13.2. The van der Waals surface area contributed by atoms with Crippen LogP contribution in [0.15, 0.2) is 18.2 Å². The van der Waals surface area contributed by atoms with Gasteiger partial charge in [-0.3, -0.25) is 14.4 Å². The van der Waals surface area contributed by atoms with E-state index < -0.39 is 11.9 Å². The number of ether oxygens (including phenoxy) is 2. The minimum Gasteiger partial charge on any atom is -0.496 e. The van der Waals surface area contributed by atoms with Crippen LogP contribution in [-0.4, -0.2) is 37.9 Å². The zero-order valence-electron chi connectivity index (χ0n) is 12.5. The molecule has 0 spiro atoms. The van der Waals surface area contributed by atoms with Gasteiger partial charge in [0.25, 0.3) is 0 Å². The Balaban J connectivity index is 2.51. The molecule has 1 rings (SSSR count). The fraction of sp³-hybridized carbons (Fsp3) is 0.400. The summed E-state index contributed by atoms with van der Waals surface area (Å²) >= 11 is 5.86. The van der Waals surface area contributed by atoms with E-state index in [-0.39, 0.29) is 31.8 Å². The quantitative estimate of drug-likeness (QED) is 0.583. The van der Waals surface area contributed by atoms with Crippen molar-refractivity contribution in [1.29, 1.82) is 0 Å².